The van der Waals surface area contributed by atoms with E-state index in [0.29, 0.717) is 19.8 Å². The van der Waals surface area contributed by atoms with E-state index in [2.05, 4.69) is 35.1 Å². The lowest BCUT2D eigenvalue weighted by atomic mass is 10.2. The van der Waals surface area contributed by atoms with Gasteiger partial charge in [0.15, 0.2) is 17.5 Å². The molecule has 0 aliphatic carbocycles. The van der Waals surface area contributed by atoms with Gasteiger partial charge in [-0.05, 0) is 31.5 Å². The van der Waals surface area contributed by atoms with E-state index in [-0.39, 0.29) is 24.0 Å². The summed E-state index contributed by atoms with van der Waals surface area (Å²) in [5, 5.41) is 4.37. The highest BCUT2D eigenvalue weighted by Crippen LogP contribution is 2.31. The lowest BCUT2D eigenvalue weighted by molar-refractivity contribution is 0.171. The van der Waals surface area contributed by atoms with Gasteiger partial charge in [-0.3, -0.25) is 0 Å². The van der Waals surface area contributed by atoms with Crippen LogP contribution in [0.1, 0.15) is 22.4 Å². The van der Waals surface area contributed by atoms with Gasteiger partial charge < -0.3 is 19.7 Å². The van der Waals surface area contributed by atoms with E-state index >= 15 is 0 Å². The van der Waals surface area contributed by atoms with Crippen molar-refractivity contribution in [3.05, 3.63) is 39.8 Å². The van der Waals surface area contributed by atoms with Gasteiger partial charge in [0.05, 0.1) is 6.54 Å². The molecule has 3 rings (SSSR count). The molecule has 0 amide bonds. The van der Waals surface area contributed by atoms with Crippen LogP contribution in [0.25, 0.3) is 0 Å². The fourth-order valence-corrected chi connectivity index (χ4v) is 3.33. The Bertz CT molecular complexity index is 751. The Labute approximate surface area is 175 Å². The number of nitrogens with zero attached hydrogens (tertiary/aromatic N) is 3. The summed E-state index contributed by atoms with van der Waals surface area (Å²) >= 11 is 1.68. The van der Waals surface area contributed by atoms with Gasteiger partial charge in [-0.2, -0.15) is 0 Å². The van der Waals surface area contributed by atoms with Crippen LogP contribution in [0.3, 0.4) is 0 Å². The van der Waals surface area contributed by atoms with Gasteiger partial charge >= 0.3 is 0 Å². The Morgan fingerprint density at radius 3 is 2.77 bits per heavy atom. The number of hydrogen-bond acceptors (Lipinski definition) is 5. The normalized spacial score (nSPS) is 13.1. The van der Waals surface area contributed by atoms with Crippen molar-refractivity contribution in [2.45, 2.75) is 26.9 Å². The molecule has 0 radical (unpaired) electrons. The Kier molecular flexibility index (Phi) is 7.95. The fourth-order valence-electron chi connectivity index (χ4n) is 2.62. The Morgan fingerprint density at radius 2 is 2.08 bits per heavy atom. The molecular formula is C18H25IN4O2S. The molecule has 0 bridgehead atoms. The number of guanidine groups is 1. The van der Waals surface area contributed by atoms with Gasteiger partial charge in [-0.25, -0.2) is 9.98 Å². The van der Waals surface area contributed by atoms with Crippen molar-refractivity contribution in [3.8, 4) is 11.5 Å². The summed E-state index contributed by atoms with van der Waals surface area (Å²) in [6.45, 7) is 7.49. The van der Waals surface area contributed by atoms with Crippen molar-refractivity contribution in [1.29, 1.82) is 0 Å². The lowest BCUT2D eigenvalue weighted by Crippen LogP contribution is -2.38. The number of hydrogen-bond donors (Lipinski definition) is 1. The van der Waals surface area contributed by atoms with Crippen LogP contribution in [0.4, 0.5) is 0 Å². The highest BCUT2D eigenvalue weighted by molar-refractivity contribution is 14.0. The monoisotopic (exact) mass is 488 g/mol. The molecule has 6 nitrogen and oxygen atoms in total. The number of benzene rings is 1. The second-order valence-corrected chi connectivity index (χ2v) is 7.19. The van der Waals surface area contributed by atoms with Crippen LogP contribution >= 0.6 is 35.3 Å². The lowest BCUT2D eigenvalue weighted by Gasteiger charge is -2.23. The van der Waals surface area contributed by atoms with Crippen molar-refractivity contribution in [2.75, 3.05) is 26.8 Å². The molecule has 1 aliphatic heterocycles. The van der Waals surface area contributed by atoms with E-state index in [4.69, 9.17) is 14.5 Å². The van der Waals surface area contributed by atoms with Crippen LogP contribution < -0.4 is 14.8 Å². The molecular weight excluding hydrogens is 463 g/mol. The number of ether oxygens (including phenoxy) is 2. The third kappa shape index (κ3) is 5.47. The van der Waals surface area contributed by atoms with E-state index in [0.717, 1.165) is 41.1 Å². The highest BCUT2D eigenvalue weighted by atomic mass is 127. The first kappa shape index (κ1) is 20.8. The maximum absolute atomic E-state index is 5.67. The summed E-state index contributed by atoms with van der Waals surface area (Å²) in [6, 6.07) is 6.08. The summed E-state index contributed by atoms with van der Waals surface area (Å²) in [5.74, 6) is 2.50. The summed E-state index contributed by atoms with van der Waals surface area (Å²) < 4.78 is 11.2. The number of fused-ring (bicyclic) bond motifs is 1. The number of aromatic nitrogens is 1. The van der Waals surface area contributed by atoms with Crippen LogP contribution in [0.15, 0.2) is 29.4 Å². The molecule has 1 aromatic carbocycles. The van der Waals surface area contributed by atoms with Crippen LogP contribution in [0.5, 0.6) is 11.5 Å². The first-order valence-corrected chi connectivity index (χ1v) is 9.26. The SMILES string of the molecule is CCNC(=NCc1ncc(C)s1)N(C)Cc1ccc2c(c1)OCCO2.I. The molecule has 26 heavy (non-hydrogen) atoms. The maximum atomic E-state index is 5.67. The number of thiazole rings is 1. The van der Waals surface area contributed by atoms with Gasteiger partial charge in [0, 0.05) is 31.2 Å². The van der Waals surface area contributed by atoms with Gasteiger partial charge in [0.1, 0.15) is 18.2 Å². The Balaban J connectivity index is 0.00000243. The molecule has 1 N–H and O–H groups in total. The highest BCUT2D eigenvalue weighted by Gasteiger charge is 2.13. The summed E-state index contributed by atoms with van der Waals surface area (Å²) in [4.78, 5) is 12.4. The van der Waals surface area contributed by atoms with Crippen molar-refractivity contribution in [1.82, 2.24) is 15.2 Å². The fraction of sp³-hybridized carbons (Fsp3) is 0.444. The van der Waals surface area contributed by atoms with E-state index in [1.165, 1.54) is 4.88 Å². The van der Waals surface area contributed by atoms with Crippen LogP contribution in [-0.2, 0) is 13.1 Å². The predicted octanol–water partition coefficient (Wildman–Crippen LogP) is 3.44. The summed E-state index contributed by atoms with van der Waals surface area (Å²) in [6.07, 6.45) is 1.89. The van der Waals surface area contributed by atoms with Crippen molar-refractivity contribution < 1.29 is 9.47 Å². The van der Waals surface area contributed by atoms with Crippen LogP contribution in [0, 0.1) is 6.92 Å². The average molecular weight is 488 g/mol. The number of nitrogens with one attached hydrogen (secondary N) is 1. The standard InChI is InChI=1S/C18H24N4O2S.HI/c1-4-19-18(21-11-17-20-10-13(2)25-17)22(3)12-14-5-6-15-16(9-14)24-8-7-23-15;/h5-6,9-10H,4,7-8,11-12H2,1-3H3,(H,19,21);1H. The zero-order valence-electron chi connectivity index (χ0n) is 15.3. The predicted molar refractivity (Wildman–Crippen MR) is 116 cm³/mol. The third-order valence-electron chi connectivity index (χ3n) is 3.76. The first-order valence-electron chi connectivity index (χ1n) is 8.45. The molecule has 142 valence electrons. The van der Waals surface area contributed by atoms with Crippen LogP contribution in [0.2, 0.25) is 0 Å². The maximum Gasteiger partial charge on any atom is 0.194 e. The molecule has 0 saturated carbocycles. The molecule has 0 atom stereocenters. The molecule has 1 aromatic heterocycles. The minimum absolute atomic E-state index is 0. The molecule has 0 saturated heterocycles. The van der Waals surface area contributed by atoms with Gasteiger partial charge in [0.25, 0.3) is 0 Å². The molecule has 1 aliphatic rings. The minimum Gasteiger partial charge on any atom is -0.486 e. The van der Waals surface area contributed by atoms with Crippen molar-refractivity contribution >= 4 is 41.3 Å². The second kappa shape index (κ2) is 9.96. The first-order chi connectivity index (χ1) is 12.2. The molecule has 2 aromatic rings. The van der Waals surface area contributed by atoms with Gasteiger partial charge in [-0.15, -0.1) is 35.3 Å². The molecule has 0 unspecified atom stereocenters. The molecule has 0 fully saturated rings. The smallest absolute Gasteiger partial charge is 0.194 e. The molecule has 8 heteroatoms. The molecule has 2 heterocycles. The third-order valence-corrected chi connectivity index (χ3v) is 4.65. The Morgan fingerprint density at radius 1 is 1.31 bits per heavy atom. The van der Waals surface area contributed by atoms with Crippen molar-refractivity contribution in [2.24, 2.45) is 4.99 Å². The van der Waals surface area contributed by atoms with Crippen LogP contribution in [-0.4, -0.2) is 42.6 Å². The minimum atomic E-state index is 0. The molecule has 0 spiro atoms. The number of rotatable bonds is 5. The number of halogens is 1. The van der Waals surface area contributed by atoms with Crippen molar-refractivity contribution in [3.63, 3.8) is 0 Å². The van der Waals surface area contributed by atoms with Gasteiger partial charge in [-0.1, -0.05) is 6.07 Å². The zero-order valence-corrected chi connectivity index (χ0v) is 18.5. The Hall–Kier alpha value is -1.55. The van der Waals surface area contributed by atoms with E-state index in [9.17, 15) is 0 Å². The van der Waals surface area contributed by atoms with E-state index in [1.807, 2.05) is 25.4 Å². The second-order valence-electron chi connectivity index (χ2n) is 5.87. The largest absolute Gasteiger partial charge is 0.486 e. The quantitative estimate of drug-likeness (QED) is 0.397. The zero-order chi connectivity index (χ0) is 17.6. The van der Waals surface area contributed by atoms with Gasteiger partial charge in [0.2, 0.25) is 0 Å². The van der Waals surface area contributed by atoms with E-state index in [1.54, 1.807) is 11.3 Å². The average Bonchev–Trinajstić information content (AvgIpc) is 3.03. The number of aliphatic imine (C=N–C) groups is 1. The summed E-state index contributed by atoms with van der Waals surface area (Å²) in [7, 11) is 2.03. The topological polar surface area (TPSA) is 59.0 Å². The summed E-state index contributed by atoms with van der Waals surface area (Å²) in [5.41, 5.74) is 1.16. The number of aryl methyl sites for hydroxylation is 1. The van der Waals surface area contributed by atoms with E-state index < -0.39 is 0 Å².